The summed E-state index contributed by atoms with van der Waals surface area (Å²) in [5.41, 5.74) is 3.89. The van der Waals surface area contributed by atoms with Gasteiger partial charge in [-0.05, 0) is 216 Å². The van der Waals surface area contributed by atoms with E-state index in [9.17, 15) is 20.4 Å². The molecule has 14 nitrogen and oxygen atoms in total. The SMILES string of the molecule is CC1(C)CC[C@@]2(C(=O)NCc3cn(Cc4ccc(Cn5cc(CNC(=O)[C@]67CCC(C)(C)CC6C6=CCC8[C@@]9(C)CC[C@H](O)C(C)(C)C9CC[C@@]8(C)[C@]6(C)C[C@H]7O)nn5)cc4)nn3)C(C1)C1=CCC3[C@@]4(C)CC[C@H](O)C(C)(C)C4CC[C@@]3(C)[C@]1(C)C[C@H]2O. The third-order valence-corrected chi connectivity index (χ3v) is 29.9. The van der Waals surface area contributed by atoms with Gasteiger partial charge in [-0.1, -0.05) is 155 Å². The Balaban J connectivity index is 0.639. The van der Waals surface area contributed by atoms with Crippen LogP contribution in [0.5, 0.6) is 0 Å². The largest absolute Gasteiger partial charge is 0.393 e. The van der Waals surface area contributed by atoms with Crippen LogP contribution >= 0.6 is 0 Å². The molecule has 8 fully saturated rings. The number of fused-ring (bicyclic) bond motifs is 14. The van der Waals surface area contributed by atoms with Crippen LogP contribution in [0.2, 0.25) is 0 Å². The summed E-state index contributed by atoms with van der Waals surface area (Å²) in [6, 6.07) is 8.35. The zero-order chi connectivity index (χ0) is 63.0. The lowest BCUT2D eigenvalue weighted by Crippen LogP contribution is -2.68. The molecule has 0 aliphatic heterocycles. The van der Waals surface area contributed by atoms with Crippen LogP contribution in [0.1, 0.15) is 235 Å². The maximum atomic E-state index is 15.0. The first-order valence-corrected chi connectivity index (χ1v) is 34.7. The van der Waals surface area contributed by atoms with E-state index >= 15 is 9.59 Å². The average molecular weight is 1210 g/mol. The molecule has 0 radical (unpaired) electrons. The molecule has 0 bridgehead atoms. The Kier molecular flexibility index (Phi) is 14.7. The van der Waals surface area contributed by atoms with Crippen LogP contribution in [0, 0.1) is 100 Å². The zero-order valence-electron chi connectivity index (χ0n) is 56.2. The average Bonchev–Trinajstić information content (AvgIpc) is 0.859. The van der Waals surface area contributed by atoms with Crippen LogP contribution in [0.3, 0.4) is 0 Å². The molecule has 8 saturated carbocycles. The van der Waals surface area contributed by atoms with Gasteiger partial charge < -0.3 is 31.1 Å². The quantitative estimate of drug-likeness (QED) is 0.106. The lowest BCUT2D eigenvalue weighted by Gasteiger charge is -2.71. The minimum absolute atomic E-state index is 0.0332. The van der Waals surface area contributed by atoms with E-state index in [4.69, 9.17) is 0 Å². The minimum Gasteiger partial charge on any atom is -0.393 e. The number of amides is 2. The van der Waals surface area contributed by atoms with E-state index in [1.807, 2.05) is 21.8 Å². The molecule has 6 unspecified atom stereocenters. The van der Waals surface area contributed by atoms with Gasteiger partial charge in [0.05, 0.1) is 73.8 Å². The van der Waals surface area contributed by atoms with Gasteiger partial charge in [-0.2, -0.15) is 0 Å². The van der Waals surface area contributed by atoms with Gasteiger partial charge in [-0.25, -0.2) is 9.36 Å². The molecule has 0 saturated heterocycles. The van der Waals surface area contributed by atoms with Gasteiger partial charge in [0.25, 0.3) is 0 Å². The molecule has 2 amide bonds. The molecule has 6 N–H and O–H groups in total. The monoisotopic (exact) mass is 1210 g/mol. The number of allylic oxidation sites excluding steroid dienone is 4. The number of aliphatic hydroxyl groups excluding tert-OH is 4. The number of nitrogens with zero attached hydrogens (tertiary/aromatic N) is 6. The number of carbonyl (C=O) groups is 2. The Morgan fingerprint density at radius 1 is 0.477 bits per heavy atom. The van der Waals surface area contributed by atoms with E-state index in [2.05, 4.69) is 165 Å². The van der Waals surface area contributed by atoms with Crippen LogP contribution in [0.15, 0.2) is 60.0 Å². The summed E-state index contributed by atoms with van der Waals surface area (Å²) in [4.78, 5) is 30.0. The van der Waals surface area contributed by atoms with Gasteiger partial charge in [0.1, 0.15) is 11.4 Å². The molecule has 2 aromatic heterocycles. The third kappa shape index (κ3) is 8.97. The van der Waals surface area contributed by atoms with E-state index in [0.717, 1.165) is 101 Å². The lowest BCUT2D eigenvalue weighted by atomic mass is 9.33. The molecule has 13 rings (SSSR count). The lowest BCUT2D eigenvalue weighted by molar-refractivity contribution is -0.215. The number of carbonyl (C=O) groups excluding carboxylic acids is 2. The number of benzene rings is 1. The Morgan fingerprint density at radius 3 is 1.23 bits per heavy atom. The molecule has 18 atom stereocenters. The highest BCUT2D eigenvalue weighted by Crippen LogP contribution is 2.78. The van der Waals surface area contributed by atoms with Gasteiger partial charge >= 0.3 is 0 Å². The maximum absolute atomic E-state index is 15.0. The molecular formula is C74H110N8O6. The highest BCUT2D eigenvalue weighted by molar-refractivity contribution is 5.85. The summed E-state index contributed by atoms with van der Waals surface area (Å²) >= 11 is 0. The van der Waals surface area contributed by atoms with Crippen LogP contribution < -0.4 is 10.6 Å². The second kappa shape index (κ2) is 20.6. The fourth-order valence-electron chi connectivity index (χ4n) is 24.3. The molecule has 14 heteroatoms. The molecule has 0 spiro atoms. The van der Waals surface area contributed by atoms with E-state index < -0.39 is 23.0 Å². The van der Waals surface area contributed by atoms with Crippen molar-refractivity contribution in [1.82, 2.24) is 40.6 Å². The topological polar surface area (TPSA) is 201 Å². The first-order valence-electron chi connectivity index (χ1n) is 34.7. The molecule has 10 aliphatic carbocycles. The van der Waals surface area contributed by atoms with E-state index in [1.54, 1.807) is 0 Å². The molecule has 88 heavy (non-hydrogen) atoms. The second-order valence-corrected chi connectivity index (χ2v) is 35.7. The number of rotatable bonds is 10. The van der Waals surface area contributed by atoms with Crippen molar-refractivity contribution in [1.29, 1.82) is 0 Å². The van der Waals surface area contributed by atoms with Gasteiger partial charge in [0.15, 0.2) is 0 Å². The van der Waals surface area contributed by atoms with Crippen molar-refractivity contribution in [3.63, 3.8) is 0 Å². The summed E-state index contributed by atoms with van der Waals surface area (Å²) in [5.74, 6) is 1.52. The molecule has 3 aromatic rings. The summed E-state index contributed by atoms with van der Waals surface area (Å²) < 4.78 is 3.62. The highest BCUT2D eigenvalue weighted by atomic mass is 16.3. The molecule has 1 aromatic carbocycles. The van der Waals surface area contributed by atoms with Crippen LogP contribution in [-0.4, -0.2) is 86.6 Å². The van der Waals surface area contributed by atoms with Gasteiger partial charge in [0, 0.05) is 0 Å². The Morgan fingerprint density at radius 2 is 0.852 bits per heavy atom. The van der Waals surface area contributed by atoms with Crippen molar-refractivity contribution < 1.29 is 30.0 Å². The fraction of sp³-hybridized carbons (Fsp3) is 0.784. The Labute approximate surface area is 526 Å². The predicted octanol–water partition coefficient (Wildman–Crippen LogP) is 12.5. The van der Waals surface area contributed by atoms with E-state index in [1.165, 1.54) is 11.1 Å². The first kappa shape index (κ1) is 62.6. The Hall–Kier alpha value is -4.24. The highest BCUT2D eigenvalue weighted by Gasteiger charge is 2.73. The normalized spacial score (nSPS) is 44.1. The van der Waals surface area contributed by atoms with E-state index in [-0.39, 0.29) is 103 Å². The number of hydrogen-bond donors (Lipinski definition) is 6. The van der Waals surface area contributed by atoms with Crippen molar-refractivity contribution >= 4 is 11.8 Å². The predicted molar refractivity (Wildman–Crippen MR) is 341 cm³/mol. The summed E-state index contributed by atoms with van der Waals surface area (Å²) in [6.07, 6.45) is 22.8. The summed E-state index contributed by atoms with van der Waals surface area (Å²) in [6.45, 7) is 34.9. The molecular weight excluding hydrogens is 1100 g/mol. The Bertz CT molecular complexity index is 3070. The summed E-state index contributed by atoms with van der Waals surface area (Å²) in [7, 11) is 0. The van der Waals surface area contributed by atoms with E-state index in [0.29, 0.717) is 73.8 Å². The first-order chi connectivity index (χ1) is 41.1. The number of hydrogen-bond acceptors (Lipinski definition) is 10. The maximum Gasteiger partial charge on any atom is 0.229 e. The third-order valence-electron chi connectivity index (χ3n) is 29.9. The zero-order valence-corrected chi connectivity index (χ0v) is 56.2. The second-order valence-electron chi connectivity index (χ2n) is 35.7. The smallest absolute Gasteiger partial charge is 0.229 e. The number of nitrogens with one attached hydrogen (secondary N) is 2. The molecule has 482 valence electrons. The fourth-order valence-corrected chi connectivity index (χ4v) is 24.3. The standard InChI is InChI=1S/C74H110N8O6/c1-63(2)31-33-73(51(35-63)49-19-21-55-67(9)27-25-57(83)65(5,6)53(67)23-29-69(55,11)71(49,13)37-59(73)85)61(87)75-39-47-43-81(79-77-47)41-45-15-17-46(18-16-45)42-82-44-48(78-80-82)40-76-62(88)74-34-32-64(3,4)36-52(74)50-20-22-56-68(10)28-26-58(84)66(7,8)54(68)24-30-70(56,12)72(50,14)38-60(74)86/h15-20,43-44,51-60,83-86H,21-42H2,1-14H3,(H,75,87)(H,76,88)/t51?,52?,53?,54?,55?,56?,57-,58-,59+,60+,67-,68-,69+,70+,71+,72+,73+,74+/m0/s1. The van der Waals surface area contributed by atoms with Gasteiger partial charge in [-0.3, -0.25) is 9.59 Å². The van der Waals surface area contributed by atoms with Crippen molar-refractivity contribution in [2.24, 2.45) is 100 Å². The van der Waals surface area contributed by atoms with Gasteiger partial charge in [0.2, 0.25) is 11.8 Å². The number of aliphatic hydroxyl groups is 4. The van der Waals surface area contributed by atoms with Crippen molar-refractivity contribution in [2.75, 3.05) is 0 Å². The molecule has 2 heterocycles. The minimum atomic E-state index is -0.918. The van der Waals surface area contributed by atoms with Crippen LogP contribution in [0.25, 0.3) is 0 Å². The molecule has 10 aliphatic rings. The number of aromatic nitrogens is 6. The van der Waals surface area contributed by atoms with Crippen molar-refractivity contribution in [3.8, 4) is 0 Å². The summed E-state index contributed by atoms with van der Waals surface area (Å²) in [5, 5.41) is 72.5. The van der Waals surface area contributed by atoms with Crippen molar-refractivity contribution in [3.05, 3.63) is 82.5 Å². The van der Waals surface area contributed by atoms with Crippen LogP contribution in [0.4, 0.5) is 0 Å². The van der Waals surface area contributed by atoms with Gasteiger partial charge in [-0.15, -0.1) is 10.2 Å². The van der Waals surface area contributed by atoms with Crippen LogP contribution in [-0.2, 0) is 35.8 Å². The van der Waals surface area contributed by atoms with Crippen molar-refractivity contribution in [2.45, 2.75) is 263 Å².